The Morgan fingerprint density at radius 2 is 2.16 bits per heavy atom. The van der Waals surface area contributed by atoms with Crippen molar-refractivity contribution in [3.8, 4) is 0 Å². The maximum Gasteiger partial charge on any atom is 0.0661 e. The summed E-state index contributed by atoms with van der Waals surface area (Å²) in [7, 11) is 1.71. The van der Waals surface area contributed by atoms with E-state index in [1.807, 2.05) is 6.07 Å². The van der Waals surface area contributed by atoms with Gasteiger partial charge in [-0.15, -0.1) is 0 Å². The summed E-state index contributed by atoms with van der Waals surface area (Å²) < 4.78 is 10.6. The monoisotopic (exact) mass is 264 g/mol. The van der Waals surface area contributed by atoms with Crippen molar-refractivity contribution in [1.82, 2.24) is 0 Å². The number of nitrogen functional groups attached to an aromatic ring is 1. The SMILES string of the molecule is COCC(C)Nc1cc(C2CCOCC2)ccc1N. The fourth-order valence-electron chi connectivity index (χ4n) is 2.54. The molecule has 1 fully saturated rings. The topological polar surface area (TPSA) is 56.5 Å². The second-order valence-electron chi connectivity index (χ2n) is 5.23. The molecule has 0 aromatic heterocycles. The van der Waals surface area contributed by atoms with E-state index in [0.29, 0.717) is 12.5 Å². The lowest BCUT2D eigenvalue weighted by molar-refractivity contribution is 0.0853. The average Bonchev–Trinajstić information content (AvgIpc) is 2.42. The summed E-state index contributed by atoms with van der Waals surface area (Å²) in [6.07, 6.45) is 2.19. The Balaban J connectivity index is 2.09. The molecule has 1 atom stereocenters. The molecule has 0 amide bonds. The van der Waals surface area contributed by atoms with Crippen LogP contribution >= 0.6 is 0 Å². The van der Waals surface area contributed by atoms with Gasteiger partial charge in [-0.05, 0) is 43.4 Å². The molecule has 1 unspecified atom stereocenters. The summed E-state index contributed by atoms with van der Waals surface area (Å²) in [5, 5.41) is 3.41. The van der Waals surface area contributed by atoms with Crippen LogP contribution in [0, 0.1) is 0 Å². The van der Waals surface area contributed by atoms with Crippen LogP contribution < -0.4 is 11.1 Å². The third-order valence-corrected chi connectivity index (χ3v) is 3.59. The van der Waals surface area contributed by atoms with Crippen molar-refractivity contribution in [1.29, 1.82) is 0 Å². The van der Waals surface area contributed by atoms with Gasteiger partial charge in [-0.2, -0.15) is 0 Å². The molecule has 2 rings (SSSR count). The van der Waals surface area contributed by atoms with Crippen molar-refractivity contribution in [3.63, 3.8) is 0 Å². The van der Waals surface area contributed by atoms with Gasteiger partial charge in [0.2, 0.25) is 0 Å². The molecule has 19 heavy (non-hydrogen) atoms. The van der Waals surface area contributed by atoms with E-state index in [-0.39, 0.29) is 6.04 Å². The number of hydrogen-bond acceptors (Lipinski definition) is 4. The van der Waals surface area contributed by atoms with Gasteiger partial charge in [0, 0.05) is 26.4 Å². The first-order chi connectivity index (χ1) is 9.20. The molecular weight excluding hydrogens is 240 g/mol. The van der Waals surface area contributed by atoms with Crippen LogP contribution in [0.3, 0.4) is 0 Å². The highest BCUT2D eigenvalue weighted by Gasteiger charge is 2.17. The highest BCUT2D eigenvalue weighted by molar-refractivity contribution is 5.67. The Hall–Kier alpha value is -1.26. The Morgan fingerprint density at radius 1 is 1.42 bits per heavy atom. The van der Waals surface area contributed by atoms with Crippen LogP contribution in [0.1, 0.15) is 31.2 Å². The summed E-state index contributed by atoms with van der Waals surface area (Å²) in [5.74, 6) is 0.590. The van der Waals surface area contributed by atoms with E-state index in [2.05, 4.69) is 24.4 Å². The number of ether oxygens (including phenoxy) is 2. The molecule has 0 saturated carbocycles. The van der Waals surface area contributed by atoms with E-state index in [1.165, 1.54) is 5.56 Å². The van der Waals surface area contributed by atoms with Gasteiger partial charge >= 0.3 is 0 Å². The average molecular weight is 264 g/mol. The van der Waals surface area contributed by atoms with Gasteiger partial charge in [0.05, 0.1) is 18.0 Å². The Kier molecular flexibility index (Phi) is 5.05. The molecule has 106 valence electrons. The van der Waals surface area contributed by atoms with Crippen LogP contribution in [0.2, 0.25) is 0 Å². The Bertz CT molecular complexity index is 403. The molecule has 1 aromatic carbocycles. The molecule has 4 nitrogen and oxygen atoms in total. The lowest BCUT2D eigenvalue weighted by Gasteiger charge is -2.24. The molecule has 0 radical (unpaired) electrons. The second-order valence-corrected chi connectivity index (χ2v) is 5.23. The van der Waals surface area contributed by atoms with Gasteiger partial charge in [0.1, 0.15) is 0 Å². The summed E-state index contributed by atoms with van der Waals surface area (Å²) in [6.45, 7) is 4.47. The van der Waals surface area contributed by atoms with Crippen molar-refractivity contribution in [2.75, 3.05) is 38.0 Å². The van der Waals surface area contributed by atoms with Crippen LogP contribution in [0.25, 0.3) is 0 Å². The zero-order chi connectivity index (χ0) is 13.7. The molecule has 1 heterocycles. The van der Waals surface area contributed by atoms with E-state index >= 15 is 0 Å². The standard InChI is InChI=1S/C15H24N2O2/c1-11(10-18-2)17-15-9-13(3-4-14(15)16)12-5-7-19-8-6-12/h3-4,9,11-12,17H,5-8,10,16H2,1-2H3. The number of hydrogen-bond donors (Lipinski definition) is 2. The maximum absolute atomic E-state index is 6.04. The van der Waals surface area contributed by atoms with E-state index < -0.39 is 0 Å². The molecule has 0 aliphatic carbocycles. The highest BCUT2D eigenvalue weighted by Crippen LogP contribution is 2.31. The molecule has 3 N–H and O–H groups in total. The minimum Gasteiger partial charge on any atom is -0.397 e. The van der Waals surface area contributed by atoms with Crippen LogP contribution in [0.15, 0.2) is 18.2 Å². The van der Waals surface area contributed by atoms with Gasteiger partial charge in [-0.25, -0.2) is 0 Å². The first-order valence-electron chi connectivity index (χ1n) is 6.93. The van der Waals surface area contributed by atoms with Gasteiger partial charge < -0.3 is 20.5 Å². The van der Waals surface area contributed by atoms with Crippen LogP contribution in [0.4, 0.5) is 11.4 Å². The summed E-state index contributed by atoms with van der Waals surface area (Å²) >= 11 is 0. The number of rotatable bonds is 5. The van der Waals surface area contributed by atoms with Crippen molar-refractivity contribution in [2.45, 2.75) is 31.7 Å². The smallest absolute Gasteiger partial charge is 0.0661 e. The number of methoxy groups -OCH3 is 1. The van der Waals surface area contributed by atoms with Crippen LogP contribution in [-0.2, 0) is 9.47 Å². The minimum absolute atomic E-state index is 0.247. The lowest BCUT2D eigenvalue weighted by atomic mass is 9.91. The number of anilines is 2. The third kappa shape index (κ3) is 3.85. The van der Waals surface area contributed by atoms with Crippen molar-refractivity contribution < 1.29 is 9.47 Å². The van der Waals surface area contributed by atoms with Gasteiger partial charge in [0.25, 0.3) is 0 Å². The molecule has 1 saturated heterocycles. The zero-order valence-corrected chi connectivity index (χ0v) is 11.8. The van der Waals surface area contributed by atoms with E-state index in [1.54, 1.807) is 7.11 Å². The van der Waals surface area contributed by atoms with E-state index in [4.69, 9.17) is 15.2 Å². The van der Waals surface area contributed by atoms with Crippen LogP contribution in [-0.4, -0.2) is 33.0 Å². The molecule has 0 bridgehead atoms. The molecule has 4 heteroatoms. The molecular formula is C15H24N2O2. The quantitative estimate of drug-likeness (QED) is 0.803. The van der Waals surface area contributed by atoms with Crippen molar-refractivity contribution in [3.05, 3.63) is 23.8 Å². The zero-order valence-electron chi connectivity index (χ0n) is 11.8. The Morgan fingerprint density at radius 3 is 2.84 bits per heavy atom. The maximum atomic E-state index is 6.04. The first-order valence-corrected chi connectivity index (χ1v) is 6.93. The van der Waals surface area contributed by atoms with Gasteiger partial charge in [0.15, 0.2) is 0 Å². The molecule has 1 aliphatic heterocycles. The summed E-state index contributed by atoms with van der Waals surface area (Å²) in [5.41, 5.74) is 9.19. The molecule has 1 aromatic rings. The first kappa shape index (κ1) is 14.2. The minimum atomic E-state index is 0.247. The van der Waals surface area contributed by atoms with E-state index in [9.17, 15) is 0 Å². The third-order valence-electron chi connectivity index (χ3n) is 3.59. The fourth-order valence-corrected chi connectivity index (χ4v) is 2.54. The fraction of sp³-hybridized carbons (Fsp3) is 0.600. The molecule has 0 spiro atoms. The second kappa shape index (κ2) is 6.78. The molecule has 1 aliphatic rings. The summed E-state index contributed by atoms with van der Waals surface area (Å²) in [4.78, 5) is 0. The normalized spacial score (nSPS) is 18.2. The van der Waals surface area contributed by atoms with Crippen molar-refractivity contribution >= 4 is 11.4 Å². The van der Waals surface area contributed by atoms with Gasteiger partial charge in [-0.3, -0.25) is 0 Å². The summed E-state index contributed by atoms with van der Waals surface area (Å²) in [6, 6.07) is 6.55. The largest absolute Gasteiger partial charge is 0.397 e. The van der Waals surface area contributed by atoms with Crippen molar-refractivity contribution in [2.24, 2.45) is 0 Å². The number of nitrogens with one attached hydrogen (secondary N) is 1. The lowest BCUT2D eigenvalue weighted by Crippen LogP contribution is -2.22. The highest BCUT2D eigenvalue weighted by atomic mass is 16.5. The van der Waals surface area contributed by atoms with E-state index in [0.717, 1.165) is 37.4 Å². The number of nitrogens with two attached hydrogens (primary N) is 1. The Labute approximate surface area is 115 Å². The van der Waals surface area contributed by atoms with Gasteiger partial charge in [-0.1, -0.05) is 6.07 Å². The van der Waals surface area contributed by atoms with Crippen LogP contribution in [0.5, 0.6) is 0 Å². The predicted octanol–water partition coefficient (Wildman–Crippen LogP) is 2.61. The predicted molar refractivity (Wildman–Crippen MR) is 78.6 cm³/mol. The number of benzene rings is 1.